The Morgan fingerprint density at radius 2 is 0.924 bits per heavy atom. The van der Waals surface area contributed by atoms with E-state index in [-0.39, 0.29) is 30.4 Å². The van der Waals surface area contributed by atoms with Crippen molar-refractivity contribution < 1.29 is 9.90 Å². The third kappa shape index (κ3) is 35.0. The lowest BCUT2D eigenvalue weighted by atomic mass is 9.70. The highest BCUT2D eigenvalue weighted by Gasteiger charge is 2.36. The van der Waals surface area contributed by atoms with E-state index < -0.39 is 0 Å². The lowest BCUT2D eigenvalue weighted by Gasteiger charge is -2.43. The van der Waals surface area contributed by atoms with Gasteiger partial charge in [0.25, 0.3) is 0 Å². The Kier molecular flexibility index (Phi) is 41.3. The van der Waals surface area contributed by atoms with Crippen molar-refractivity contribution in [3.63, 3.8) is 0 Å². The summed E-state index contributed by atoms with van der Waals surface area (Å²) in [6, 6.07) is 2.30. The van der Waals surface area contributed by atoms with Crippen LogP contribution in [0.4, 0.5) is 17.5 Å². The number of nitrogens with one attached hydrogen (secondary N) is 2. The highest BCUT2D eigenvalue weighted by atomic mass is 35.5. The van der Waals surface area contributed by atoms with Crippen LogP contribution in [0.2, 0.25) is 5.02 Å². The number of anilines is 3. The SMILES string of the molecule is N#CCC(=O)N1CCC2(CCCCCCCCCCCCCCCCCCCCCCCCCCCCCCCCCCCCCCCCCCCCCCCCC(Nc3nc(Nc4cnn(CCO)c4)ncc3Cl)CC2)CC1. The summed E-state index contributed by atoms with van der Waals surface area (Å²) in [4.78, 5) is 24.2. The Labute approximate surface area is 490 Å². The number of rotatable bonds is 7. The molecule has 2 fully saturated rings. The van der Waals surface area contributed by atoms with E-state index >= 15 is 0 Å². The van der Waals surface area contributed by atoms with Crippen molar-refractivity contribution in [1.29, 1.82) is 5.26 Å². The Morgan fingerprint density at radius 1 is 0.544 bits per heavy atom. The third-order valence-corrected chi connectivity index (χ3v) is 18.5. The minimum absolute atomic E-state index is 0.0187. The van der Waals surface area contributed by atoms with Crippen LogP contribution >= 0.6 is 11.6 Å². The second-order valence-corrected chi connectivity index (χ2v) is 25.5. The van der Waals surface area contributed by atoms with Gasteiger partial charge in [-0.3, -0.25) is 9.48 Å². The quantitative estimate of drug-likeness (QED) is 0.250. The van der Waals surface area contributed by atoms with E-state index in [4.69, 9.17) is 16.6 Å². The van der Waals surface area contributed by atoms with Crippen LogP contribution in [0.1, 0.15) is 340 Å². The molecule has 1 saturated heterocycles. The Morgan fingerprint density at radius 3 is 1.30 bits per heavy atom. The van der Waals surface area contributed by atoms with Gasteiger partial charge < -0.3 is 20.6 Å². The molecule has 0 aromatic carbocycles. The number of hydrogen-bond acceptors (Lipinski definition) is 8. The molecule has 1 aliphatic carbocycles. The topological polar surface area (TPSA) is 132 Å². The first-order chi connectivity index (χ1) is 39.0. The number of aliphatic hydroxyl groups is 1. The molecule has 4 rings (SSSR count). The first kappa shape index (κ1) is 68.6. The van der Waals surface area contributed by atoms with Crippen LogP contribution in [0.15, 0.2) is 18.6 Å². The smallest absolute Gasteiger partial charge is 0.236 e. The molecule has 2 aliphatic rings. The fourth-order valence-corrected chi connectivity index (χ4v) is 13.1. The van der Waals surface area contributed by atoms with Crippen LogP contribution in [0.5, 0.6) is 0 Å². The zero-order valence-electron chi connectivity index (χ0n) is 51.0. The van der Waals surface area contributed by atoms with Gasteiger partial charge in [0.15, 0.2) is 5.82 Å². The van der Waals surface area contributed by atoms with Gasteiger partial charge in [-0.2, -0.15) is 15.3 Å². The van der Waals surface area contributed by atoms with Gasteiger partial charge in [0.2, 0.25) is 11.9 Å². The molecule has 2 aromatic rings. The molecular weight excluding hydrogens is 996 g/mol. The molecule has 0 radical (unpaired) electrons. The number of aromatic nitrogens is 4. The largest absolute Gasteiger partial charge is 0.394 e. The number of halogens is 1. The molecule has 1 aliphatic heterocycles. The number of nitrogens with zero attached hydrogens (tertiary/aromatic N) is 6. The average Bonchev–Trinajstić information content (AvgIpc) is 3.91. The maximum absolute atomic E-state index is 12.9. The average molecular weight is 1120 g/mol. The molecule has 1 unspecified atom stereocenters. The molecule has 11 heteroatoms. The first-order valence-corrected chi connectivity index (χ1v) is 34.7. The maximum Gasteiger partial charge on any atom is 0.236 e. The van der Waals surface area contributed by atoms with Crippen molar-refractivity contribution in [2.24, 2.45) is 5.41 Å². The first-order valence-electron chi connectivity index (χ1n) is 34.3. The number of amides is 1. The summed E-state index contributed by atoms with van der Waals surface area (Å²) >= 11 is 6.84. The maximum atomic E-state index is 12.9. The highest BCUT2D eigenvalue weighted by Crippen LogP contribution is 2.42. The number of carbonyl (C=O) groups is 1. The van der Waals surface area contributed by atoms with Gasteiger partial charge in [-0.05, 0) is 43.9 Å². The molecule has 79 heavy (non-hydrogen) atoms. The molecule has 452 valence electrons. The van der Waals surface area contributed by atoms with Crippen molar-refractivity contribution in [3.8, 4) is 6.07 Å². The summed E-state index contributed by atoms with van der Waals surface area (Å²) in [5.74, 6) is 1.09. The second-order valence-electron chi connectivity index (χ2n) is 25.1. The van der Waals surface area contributed by atoms with E-state index in [0.29, 0.717) is 23.3 Å². The number of carbonyl (C=O) groups excluding carboxylic acids is 1. The predicted octanol–water partition coefficient (Wildman–Crippen LogP) is 20.9. The van der Waals surface area contributed by atoms with Crippen LogP contribution in [0.25, 0.3) is 0 Å². The summed E-state index contributed by atoms with van der Waals surface area (Å²) in [7, 11) is 0. The molecule has 10 nitrogen and oxygen atoms in total. The van der Waals surface area contributed by atoms with Gasteiger partial charge in [0, 0.05) is 25.3 Å². The molecule has 1 amide bonds. The van der Waals surface area contributed by atoms with Gasteiger partial charge in [0.1, 0.15) is 11.4 Å². The molecule has 3 heterocycles. The predicted molar refractivity (Wildman–Crippen MR) is 336 cm³/mol. The third-order valence-electron chi connectivity index (χ3n) is 18.2. The highest BCUT2D eigenvalue weighted by molar-refractivity contribution is 6.32. The van der Waals surface area contributed by atoms with Gasteiger partial charge in [-0.25, -0.2) is 4.98 Å². The van der Waals surface area contributed by atoms with Crippen molar-refractivity contribution in [3.05, 3.63) is 23.6 Å². The molecule has 1 spiro atoms. The van der Waals surface area contributed by atoms with E-state index in [1.165, 1.54) is 302 Å². The summed E-state index contributed by atoms with van der Waals surface area (Å²) in [6.07, 6.45) is 76.4. The zero-order valence-corrected chi connectivity index (χ0v) is 51.8. The van der Waals surface area contributed by atoms with Crippen LogP contribution in [-0.2, 0) is 11.3 Å². The number of piperidine rings is 1. The van der Waals surface area contributed by atoms with E-state index in [1.807, 2.05) is 11.1 Å². The van der Waals surface area contributed by atoms with Gasteiger partial charge in [-0.15, -0.1) is 0 Å². The zero-order chi connectivity index (χ0) is 55.8. The summed E-state index contributed by atoms with van der Waals surface area (Å²) in [6.45, 7) is 1.95. The minimum atomic E-state index is -0.0273. The minimum Gasteiger partial charge on any atom is -0.394 e. The second kappa shape index (κ2) is 47.6. The van der Waals surface area contributed by atoms with Crippen molar-refractivity contribution in [1.82, 2.24) is 24.6 Å². The Hall–Kier alpha value is -2.90. The van der Waals surface area contributed by atoms with E-state index in [2.05, 4.69) is 26.8 Å². The van der Waals surface area contributed by atoms with Gasteiger partial charge >= 0.3 is 0 Å². The van der Waals surface area contributed by atoms with Crippen LogP contribution in [0, 0.1) is 16.7 Å². The molecule has 1 atom stereocenters. The standard InChI is InChI=1S/C68H121ClN8O2/c69-64-60-71-67(74-63-59-72-77(61-63)57-58-78)75-66(64)73-62-47-45-43-41-39-37-35-33-31-29-27-25-23-21-19-17-15-13-11-9-7-5-3-1-2-4-6-8-10-12-14-16-18-20-22-24-26-28-30-32-34-36-38-40-42-44-46-50-68(51-48-62)52-55-76(56-53-68)65(79)49-54-70/h59-62,78H,1-53,55-58H2,(H2,71,73,74,75). The van der Waals surface area contributed by atoms with Gasteiger partial charge in [-0.1, -0.05) is 307 Å². The lowest BCUT2D eigenvalue weighted by molar-refractivity contribution is -0.132. The summed E-state index contributed by atoms with van der Waals surface area (Å²) in [5, 5.41) is 30.6. The van der Waals surface area contributed by atoms with Crippen molar-refractivity contribution in [2.45, 2.75) is 353 Å². The number of aliphatic hydroxyl groups excluding tert-OH is 1. The molecule has 1 saturated carbocycles. The van der Waals surface area contributed by atoms with Crippen molar-refractivity contribution in [2.75, 3.05) is 30.3 Å². The Bertz CT molecular complexity index is 1780. The van der Waals surface area contributed by atoms with E-state index in [0.717, 1.165) is 50.9 Å². The molecule has 3 N–H and O–H groups in total. The fraction of sp³-hybridized carbons (Fsp3) is 0.868. The van der Waals surface area contributed by atoms with E-state index in [9.17, 15) is 15.2 Å². The number of nitriles is 1. The number of hydrogen-bond donors (Lipinski definition) is 3. The van der Waals surface area contributed by atoms with E-state index in [1.54, 1.807) is 17.1 Å². The normalized spacial score (nSPS) is 22.2. The molecular formula is C68H121ClN8O2. The van der Waals surface area contributed by atoms with Gasteiger partial charge in [0.05, 0.1) is 37.3 Å². The molecule has 2 aromatic heterocycles. The van der Waals surface area contributed by atoms with Crippen LogP contribution < -0.4 is 10.6 Å². The summed E-state index contributed by atoms with van der Waals surface area (Å²) < 4.78 is 1.69. The summed E-state index contributed by atoms with van der Waals surface area (Å²) in [5.41, 5.74) is 0.938. The number of likely N-dealkylation sites (tertiary alicyclic amines) is 1. The van der Waals surface area contributed by atoms with Crippen LogP contribution in [0.3, 0.4) is 0 Å². The van der Waals surface area contributed by atoms with Crippen LogP contribution in [-0.4, -0.2) is 61.4 Å². The Balaban J connectivity index is 1.24. The fourth-order valence-electron chi connectivity index (χ4n) is 13.0. The lowest BCUT2D eigenvalue weighted by Crippen LogP contribution is -2.43. The molecule has 0 bridgehead atoms. The monoisotopic (exact) mass is 1120 g/mol. The van der Waals surface area contributed by atoms with Crippen molar-refractivity contribution >= 4 is 35.0 Å².